The monoisotopic (exact) mass is 1210 g/mol. The highest BCUT2D eigenvalue weighted by Gasteiger charge is 2.64. The molecule has 4 bridgehead atoms. The fraction of sp³-hybridized carbons (Fsp3) is 0.574. The lowest BCUT2D eigenvalue weighted by atomic mass is 9.78. The molecule has 0 radical (unpaired) electrons. The number of Topliss-reactive ketones (excluding diaryl/α,β-unsaturated/α-hetero) is 3. The Bertz CT molecular complexity index is 2730. The molecule has 0 unspecified atom stereocenters. The van der Waals surface area contributed by atoms with Gasteiger partial charge in [-0.25, -0.2) is 9.59 Å². The SMILES string of the molecule is C=C(CBr)C(=O)CCCCCCC(=O)C[C@H](C(=O)N[C@@H](CCCNC(N)=O)C(=O)Cc1ccc(NC(=O)O[C@H]2CC(=O)N(C)c3cc(cc(C)c3Cl)C/C(C)=C/C=C/[C@@H](OC)[C@]3(O)CC(=O)O[C@@H](C3)[C@@H](C)[C@@H]3O[C@@]23C)cc1C)C(C)C. The number of ketones is 3. The van der Waals surface area contributed by atoms with Gasteiger partial charge in [0, 0.05) is 75.7 Å². The molecule has 2 saturated heterocycles. The van der Waals surface area contributed by atoms with Crippen molar-refractivity contribution in [1.29, 1.82) is 0 Å². The maximum Gasteiger partial charge on any atom is 0.412 e. The molecule has 6 N–H and O–H groups in total. The molecule has 2 fully saturated rings. The zero-order valence-electron chi connectivity index (χ0n) is 48.4. The number of primary amides is 1. The maximum atomic E-state index is 14.4. The van der Waals surface area contributed by atoms with E-state index in [9.17, 15) is 43.5 Å². The van der Waals surface area contributed by atoms with E-state index in [1.807, 2.05) is 52.8 Å². The average molecular weight is 1210 g/mol. The summed E-state index contributed by atoms with van der Waals surface area (Å²) < 4.78 is 24.1. The van der Waals surface area contributed by atoms with Crippen molar-refractivity contribution in [2.75, 3.05) is 36.2 Å². The summed E-state index contributed by atoms with van der Waals surface area (Å²) in [6.45, 7) is 16.7. The number of aryl methyl sites for hydroxylation is 2. The van der Waals surface area contributed by atoms with Crippen LogP contribution >= 0.6 is 27.5 Å². The van der Waals surface area contributed by atoms with E-state index in [-0.39, 0.29) is 74.8 Å². The number of alkyl halides is 1. The number of carbonyl (C=O) groups is 8. The summed E-state index contributed by atoms with van der Waals surface area (Å²) in [5.74, 6) is -3.28. The van der Waals surface area contributed by atoms with Crippen LogP contribution in [-0.2, 0) is 60.6 Å². The summed E-state index contributed by atoms with van der Waals surface area (Å²) in [4.78, 5) is 108. The number of rotatable bonds is 24. The van der Waals surface area contributed by atoms with Crippen molar-refractivity contribution in [2.45, 2.75) is 180 Å². The lowest BCUT2D eigenvalue weighted by Crippen LogP contribution is -2.53. The third-order valence-electron chi connectivity index (χ3n) is 15.8. The molecule has 2 aromatic carbocycles. The number of fused-ring (bicyclic) bond motifs is 5. The number of benzene rings is 2. The van der Waals surface area contributed by atoms with Gasteiger partial charge >= 0.3 is 18.1 Å². The van der Waals surface area contributed by atoms with Crippen molar-refractivity contribution < 1.29 is 62.4 Å². The van der Waals surface area contributed by atoms with Gasteiger partial charge in [0.25, 0.3) is 0 Å². The predicted octanol–water partition coefficient (Wildman–Crippen LogP) is 9.37. The first-order chi connectivity index (χ1) is 38.2. The molecule has 81 heavy (non-hydrogen) atoms. The Morgan fingerprint density at radius 3 is 2.37 bits per heavy atom. The Labute approximate surface area is 490 Å². The molecule has 18 nitrogen and oxygen atoms in total. The molecule has 0 aliphatic carbocycles. The van der Waals surface area contributed by atoms with Crippen LogP contribution in [0.2, 0.25) is 5.02 Å². The fourth-order valence-corrected chi connectivity index (χ4v) is 11.3. The summed E-state index contributed by atoms with van der Waals surface area (Å²) in [7, 11) is 3.06. The number of methoxy groups -OCH3 is 1. The van der Waals surface area contributed by atoms with E-state index in [1.54, 1.807) is 51.2 Å². The number of nitrogens with two attached hydrogens (primary N) is 1. The molecule has 0 saturated carbocycles. The van der Waals surface area contributed by atoms with Crippen molar-refractivity contribution in [2.24, 2.45) is 23.5 Å². The topological polar surface area (TPSA) is 262 Å². The number of esters is 1. The number of unbranched alkanes of at least 4 members (excludes halogenated alkanes) is 3. The normalized spacial score (nSPS) is 24.8. The summed E-state index contributed by atoms with van der Waals surface area (Å²) in [5, 5.41) is 21.0. The Hall–Kier alpha value is -5.73. The third kappa shape index (κ3) is 18.6. The van der Waals surface area contributed by atoms with E-state index in [1.165, 1.54) is 12.0 Å². The highest BCUT2D eigenvalue weighted by Crippen LogP contribution is 2.50. The molecular formula is C61H83BrClN5O13. The van der Waals surface area contributed by atoms with Crippen LogP contribution < -0.4 is 26.6 Å². The zero-order valence-corrected chi connectivity index (χ0v) is 50.7. The maximum absolute atomic E-state index is 14.4. The Kier molecular flexibility index (Phi) is 24.5. The summed E-state index contributed by atoms with van der Waals surface area (Å²) in [6, 6.07) is 7.04. The summed E-state index contributed by atoms with van der Waals surface area (Å²) >= 11 is 10.1. The molecule has 3 aliphatic heterocycles. The van der Waals surface area contributed by atoms with Crippen LogP contribution in [-0.4, -0.2) is 120 Å². The molecule has 3 aliphatic rings. The first-order valence-electron chi connectivity index (χ1n) is 27.9. The van der Waals surface area contributed by atoms with Crippen LogP contribution in [0.25, 0.3) is 0 Å². The molecule has 444 valence electrons. The zero-order chi connectivity index (χ0) is 59.9. The molecule has 9 atom stereocenters. The second-order valence-corrected chi connectivity index (χ2v) is 23.6. The van der Waals surface area contributed by atoms with Gasteiger partial charge in [0.2, 0.25) is 11.8 Å². The quantitative estimate of drug-likeness (QED) is 0.0216. The standard InChI is InChI=1S/C61H83BrClN5O13/c1-35(2)45(30-44(69)18-13-11-12-14-20-48(70)39(6)34-62)57(74)67-46(19-16-24-65-58(64)75)49(71)29-42-22-23-43(27-37(42)4)66-59(76)80-52-31-53(72)68(9)47-28-41(26-38(5)55(47)63)25-36(3)17-15-21-51(78-10)61(77)32-50(79-54(73)33-61)40(7)56-60(52,8)81-56/h15,17,21-23,26-28,35,40,45-46,50-52,56,77H,6,11-14,16,18-20,24-25,29-34H2,1-5,7-10H3,(H,66,76)(H,67,74)(H3,64,65,75)/b21-15+,36-17+/t40-,45+,46+,50+,51-,52+,56+,60+,61-/m1/s1. The number of aliphatic hydroxyl groups is 1. The fourth-order valence-electron chi connectivity index (χ4n) is 10.8. The number of hydrogen-bond donors (Lipinski definition) is 5. The van der Waals surface area contributed by atoms with Crippen molar-refractivity contribution in [3.05, 3.63) is 93.6 Å². The predicted molar refractivity (Wildman–Crippen MR) is 314 cm³/mol. The van der Waals surface area contributed by atoms with Gasteiger partial charge in [0.05, 0.1) is 35.7 Å². The lowest BCUT2D eigenvalue weighted by molar-refractivity contribution is -0.187. The van der Waals surface area contributed by atoms with Gasteiger partial charge in [0.15, 0.2) is 11.6 Å². The minimum absolute atomic E-state index is 0.00484. The number of nitrogens with one attached hydrogen (secondary N) is 3. The van der Waals surface area contributed by atoms with Crippen molar-refractivity contribution in [1.82, 2.24) is 10.6 Å². The minimum atomic E-state index is -1.62. The summed E-state index contributed by atoms with van der Waals surface area (Å²) in [5.41, 5.74) is 7.56. The molecular weight excluding hydrogens is 1130 g/mol. The van der Waals surface area contributed by atoms with Gasteiger partial charge in [-0.15, -0.1) is 0 Å². The van der Waals surface area contributed by atoms with E-state index in [0.29, 0.717) is 70.5 Å². The first kappa shape index (κ1) is 66.1. The largest absolute Gasteiger partial charge is 0.462 e. The van der Waals surface area contributed by atoms with Gasteiger partial charge < -0.3 is 45.3 Å². The second kappa shape index (κ2) is 30.0. The molecule has 3 heterocycles. The highest BCUT2D eigenvalue weighted by molar-refractivity contribution is 9.09. The smallest absolute Gasteiger partial charge is 0.412 e. The summed E-state index contributed by atoms with van der Waals surface area (Å²) in [6.07, 6.45) is 4.80. The van der Waals surface area contributed by atoms with Crippen LogP contribution in [0, 0.1) is 31.6 Å². The van der Waals surface area contributed by atoms with Crippen LogP contribution in [0.3, 0.4) is 0 Å². The van der Waals surface area contributed by atoms with E-state index in [0.717, 1.165) is 29.5 Å². The van der Waals surface area contributed by atoms with Crippen LogP contribution in [0.4, 0.5) is 21.0 Å². The highest BCUT2D eigenvalue weighted by atomic mass is 79.9. The van der Waals surface area contributed by atoms with E-state index < -0.39 is 83.4 Å². The molecule has 0 aromatic heterocycles. The molecule has 5 amide bonds. The first-order valence-corrected chi connectivity index (χ1v) is 29.4. The molecule has 20 heteroatoms. The minimum Gasteiger partial charge on any atom is -0.462 e. The number of carbonyl (C=O) groups excluding carboxylic acids is 8. The number of hydrogen-bond acceptors (Lipinski definition) is 13. The number of amides is 5. The second-order valence-electron chi connectivity index (χ2n) is 22.7. The molecule has 0 spiro atoms. The van der Waals surface area contributed by atoms with E-state index in [2.05, 4.69) is 38.5 Å². The number of anilines is 2. The molecule has 5 rings (SSSR count). The van der Waals surface area contributed by atoms with Gasteiger partial charge in [-0.3, -0.25) is 34.1 Å². The third-order valence-corrected chi connectivity index (χ3v) is 17.0. The average Bonchev–Trinajstić information content (AvgIpc) is 4.14. The number of halogens is 2. The van der Waals surface area contributed by atoms with Gasteiger partial charge in [0.1, 0.15) is 35.3 Å². The van der Waals surface area contributed by atoms with Crippen molar-refractivity contribution in [3.63, 3.8) is 0 Å². The van der Waals surface area contributed by atoms with E-state index in [4.69, 9.17) is 36.3 Å². The number of epoxide rings is 1. The van der Waals surface area contributed by atoms with Crippen molar-refractivity contribution >= 4 is 86.2 Å². The number of urea groups is 1. The van der Waals surface area contributed by atoms with Gasteiger partial charge in [-0.05, 0) is 112 Å². The van der Waals surface area contributed by atoms with Crippen LogP contribution in [0.1, 0.15) is 134 Å². The van der Waals surface area contributed by atoms with Gasteiger partial charge in [-0.1, -0.05) is 104 Å². The van der Waals surface area contributed by atoms with Gasteiger partial charge in [-0.2, -0.15) is 0 Å². The lowest BCUT2D eigenvalue weighted by Gasteiger charge is -2.41. The number of nitrogens with zero attached hydrogens (tertiary/aromatic N) is 1. The Balaban J connectivity index is 1.31. The number of allylic oxidation sites excluding steroid dienone is 4. The van der Waals surface area contributed by atoms with Crippen molar-refractivity contribution in [3.8, 4) is 0 Å². The van der Waals surface area contributed by atoms with Crippen LogP contribution in [0.5, 0.6) is 0 Å². The molecule has 2 aromatic rings. The Morgan fingerprint density at radius 1 is 1.01 bits per heavy atom. The number of ether oxygens (including phenoxy) is 4. The Morgan fingerprint density at radius 2 is 1.72 bits per heavy atom. The van der Waals surface area contributed by atoms with Crippen LogP contribution in [0.15, 0.2) is 66.3 Å². The van der Waals surface area contributed by atoms with E-state index >= 15 is 0 Å².